The predicted molar refractivity (Wildman–Crippen MR) is 122 cm³/mol. The molecular weight excluding hydrogens is 388 g/mol. The van der Waals surface area contributed by atoms with Crippen LogP contribution in [-0.4, -0.2) is 34.7 Å². The van der Waals surface area contributed by atoms with E-state index in [1.54, 1.807) is 6.07 Å². The first-order valence-electron chi connectivity index (χ1n) is 10.8. The highest BCUT2D eigenvalue weighted by Gasteiger charge is 2.24. The van der Waals surface area contributed by atoms with Crippen molar-refractivity contribution in [2.45, 2.75) is 40.0 Å². The molecule has 1 aromatic heterocycles. The maximum absolute atomic E-state index is 12.6. The second-order valence-corrected chi connectivity index (χ2v) is 8.00. The van der Waals surface area contributed by atoms with Crippen molar-refractivity contribution in [3.63, 3.8) is 0 Å². The number of fused-ring (bicyclic) bond motifs is 1. The molecule has 2 aromatic carbocycles. The van der Waals surface area contributed by atoms with Crippen molar-refractivity contribution in [3.8, 4) is 5.69 Å². The monoisotopic (exact) mass is 416 g/mol. The Labute approximate surface area is 182 Å². The molecule has 0 aliphatic carbocycles. The van der Waals surface area contributed by atoms with Crippen LogP contribution in [0.1, 0.15) is 46.2 Å². The van der Waals surface area contributed by atoms with E-state index in [4.69, 9.17) is 0 Å². The molecule has 0 atom stereocenters. The Bertz CT molecular complexity index is 1120. The van der Waals surface area contributed by atoms with E-state index >= 15 is 0 Å². The third-order valence-electron chi connectivity index (χ3n) is 5.73. The standard InChI is InChI=1S/C25H28N4O2/c1-4-24(30)28-14-12-20-16-21(7-10-23(20)28)25(31)26-13-11-19-5-8-22(9-6-19)29-18(3)15-17(2)27-29/h5-10,15-16H,4,11-14H2,1-3H3,(H,26,31). The molecule has 2 heterocycles. The maximum atomic E-state index is 12.6. The summed E-state index contributed by atoms with van der Waals surface area (Å²) in [4.78, 5) is 26.4. The smallest absolute Gasteiger partial charge is 0.251 e. The number of anilines is 1. The fourth-order valence-electron chi connectivity index (χ4n) is 4.11. The second kappa shape index (κ2) is 8.76. The molecule has 160 valence electrons. The molecule has 6 nitrogen and oxygen atoms in total. The first kappa shape index (κ1) is 20.8. The third kappa shape index (κ3) is 4.38. The molecule has 1 aliphatic rings. The Morgan fingerprint density at radius 2 is 1.84 bits per heavy atom. The summed E-state index contributed by atoms with van der Waals surface area (Å²) in [6, 6.07) is 15.9. The van der Waals surface area contributed by atoms with E-state index in [9.17, 15) is 9.59 Å². The minimum atomic E-state index is -0.0812. The number of carbonyl (C=O) groups is 2. The Balaban J connectivity index is 1.33. The van der Waals surface area contributed by atoms with Crippen molar-refractivity contribution in [3.05, 3.63) is 76.6 Å². The number of nitrogens with one attached hydrogen (secondary N) is 1. The molecule has 31 heavy (non-hydrogen) atoms. The average molecular weight is 417 g/mol. The zero-order chi connectivity index (χ0) is 22.0. The molecule has 4 rings (SSSR count). The number of benzene rings is 2. The molecule has 0 saturated heterocycles. The number of hydrogen-bond acceptors (Lipinski definition) is 3. The van der Waals surface area contributed by atoms with Crippen LogP contribution in [0.15, 0.2) is 48.5 Å². The zero-order valence-corrected chi connectivity index (χ0v) is 18.3. The Kier molecular flexibility index (Phi) is 5.89. The summed E-state index contributed by atoms with van der Waals surface area (Å²) in [6.45, 7) is 7.16. The lowest BCUT2D eigenvalue weighted by molar-refractivity contribution is -0.118. The van der Waals surface area contributed by atoms with Gasteiger partial charge in [0.2, 0.25) is 5.91 Å². The topological polar surface area (TPSA) is 67.2 Å². The zero-order valence-electron chi connectivity index (χ0n) is 18.3. The molecule has 2 amide bonds. The number of rotatable bonds is 6. The van der Waals surface area contributed by atoms with Crippen molar-refractivity contribution in [1.82, 2.24) is 15.1 Å². The van der Waals surface area contributed by atoms with E-state index in [0.29, 0.717) is 25.1 Å². The fourth-order valence-corrected chi connectivity index (χ4v) is 4.11. The summed E-state index contributed by atoms with van der Waals surface area (Å²) in [5.41, 5.74) is 6.94. The highest BCUT2D eigenvalue weighted by molar-refractivity contribution is 5.98. The van der Waals surface area contributed by atoms with E-state index < -0.39 is 0 Å². The van der Waals surface area contributed by atoms with Crippen LogP contribution in [-0.2, 0) is 17.6 Å². The summed E-state index contributed by atoms with van der Waals surface area (Å²) in [7, 11) is 0. The Morgan fingerprint density at radius 1 is 1.06 bits per heavy atom. The van der Waals surface area contributed by atoms with E-state index in [1.807, 2.05) is 42.5 Å². The van der Waals surface area contributed by atoms with E-state index in [0.717, 1.165) is 46.7 Å². The highest BCUT2D eigenvalue weighted by Crippen LogP contribution is 2.29. The lowest BCUT2D eigenvalue weighted by Gasteiger charge is -2.16. The molecule has 0 spiro atoms. The van der Waals surface area contributed by atoms with Gasteiger partial charge in [-0.05, 0) is 74.2 Å². The molecule has 6 heteroatoms. The highest BCUT2D eigenvalue weighted by atomic mass is 16.2. The second-order valence-electron chi connectivity index (χ2n) is 8.00. The Morgan fingerprint density at radius 3 is 2.52 bits per heavy atom. The van der Waals surface area contributed by atoms with Crippen LogP contribution in [0, 0.1) is 13.8 Å². The SMILES string of the molecule is CCC(=O)N1CCc2cc(C(=O)NCCc3ccc(-n4nc(C)cc4C)cc3)ccc21. The van der Waals surface area contributed by atoms with Crippen molar-refractivity contribution < 1.29 is 9.59 Å². The van der Waals surface area contributed by atoms with Crippen LogP contribution in [0.3, 0.4) is 0 Å². The summed E-state index contributed by atoms with van der Waals surface area (Å²) in [6.07, 6.45) is 2.04. The molecule has 0 fully saturated rings. The van der Waals surface area contributed by atoms with Gasteiger partial charge in [0.05, 0.1) is 11.4 Å². The quantitative estimate of drug-likeness (QED) is 0.665. The number of aromatic nitrogens is 2. The Hall–Kier alpha value is -3.41. The molecule has 1 aliphatic heterocycles. The number of carbonyl (C=O) groups excluding carboxylic acids is 2. The minimum absolute atomic E-state index is 0.0812. The summed E-state index contributed by atoms with van der Waals surface area (Å²) in [5.74, 6) is 0.0437. The lowest BCUT2D eigenvalue weighted by atomic mass is 10.1. The van der Waals surface area contributed by atoms with Crippen molar-refractivity contribution in [2.24, 2.45) is 0 Å². The summed E-state index contributed by atoms with van der Waals surface area (Å²) < 4.78 is 1.93. The first-order chi connectivity index (χ1) is 15.0. The van der Waals surface area contributed by atoms with Gasteiger partial charge in [-0.1, -0.05) is 19.1 Å². The van der Waals surface area contributed by atoms with Gasteiger partial charge in [-0.25, -0.2) is 4.68 Å². The van der Waals surface area contributed by atoms with Crippen LogP contribution >= 0.6 is 0 Å². The fraction of sp³-hybridized carbons (Fsp3) is 0.320. The molecule has 3 aromatic rings. The van der Waals surface area contributed by atoms with Crippen molar-refractivity contribution >= 4 is 17.5 Å². The van der Waals surface area contributed by atoms with Crippen LogP contribution in [0.2, 0.25) is 0 Å². The van der Waals surface area contributed by atoms with E-state index in [2.05, 4.69) is 40.7 Å². The van der Waals surface area contributed by atoms with Crippen LogP contribution in [0.5, 0.6) is 0 Å². The van der Waals surface area contributed by atoms with Crippen molar-refractivity contribution in [2.75, 3.05) is 18.0 Å². The van der Waals surface area contributed by atoms with Gasteiger partial charge in [-0.3, -0.25) is 9.59 Å². The molecule has 1 N–H and O–H groups in total. The minimum Gasteiger partial charge on any atom is -0.352 e. The lowest BCUT2D eigenvalue weighted by Crippen LogP contribution is -2.28. The van der Waals surface area contributed by atoms with Gasteiger partial charge in [0.1, 0.15) is 0 Å². The number of aryl methyl sites for hydroxylation is 2. The van der Waals surface area contributed by atoms with Crippen molar-refractivity contribution in [1.29, 1.82) is 0 Å². The summed E-state index contributed by atoms with van der Waals surface area (Å²) >= 11 is 0. The summed E-state index contributed by atoms with van der Waals surface area (Å²) in [5, 5.41) is 7.52. The van der Waals surface area contributed by atoms with Gasteiger partial charge in [-0.15, -0.1) is 0 Å². The van der Waals surface area contributed by atoms with Gasteiger partial charge in [0, 0.05) is 36.5 Å². The van der Waals surface area contributed by atoms with E-state index in [-0.39, 0.29) is 11.8 Å². The van der Waals surface area contributed by atoms with Crippen LogP contribution < -0.4 is 10.2 Å². The normalized spacial score (nSPS) is 12.7. The van der Waals surface area contributed by atoms with Gasteiger partial charge in [-0.2, -0.15) is 5.10 Å². The average Bonchev–Trinajstić information content (AvgIpc) is 3.35. The number of amides is 2. The molecule has 0 bridgehead atoms. The maximum Gasteiger partial charge on any atom is 0.251 e. The van der Waals surface area contributed by atoms with Gasteiger partial charge in [0.15, 0.2) is 0 Å². The van der Waals surface area contributed by atoms with Gasteiger partial charge in [0.25, 0.3) is 5.91 Å². The number of hydrogen-bond donors (Lipinski definition) is 1. The number of nitrogens with zero attached hydrogens (tertiary/aromatic N) is 3. The largest absolute Gasteiger partial charge is 0.352 e. The molecule has 0 saturated carbocycles. The van der Waals surface area contributed by atoms with Crippen LogP contribution in [0.4, 0.5) is 5.69 Å². The van der Waals surface area contributed by atoms with E-state index in [1.165, 1.54) is 0 Å². The molecular formula is C25H28N4O2. The molecule has 0 unspecified atom stereocenters. The predicted octanol–water partition coefficient (Wildman–Crippen LogP) is 3.76. The van der Waals surface area contributed by atoms with Crippen LogP contribution in [0.25, 0.3) is 5.69 Å². The van der Waals surface area contributed by atoms with Gasteiger partial charge < -0.3 is 10.2 Å². The van der Waals surface area contributed by atoms with Gasteiger partial charge >= 0.3 is 0 Å². The third-order valence-corrected chi connectivity index (χ3v) is 5.73. The first-order valence-corrected chi connectivity index (χ1v) is 10.8. The molecule has 0 radical (unpaired) electrons.